The van der Waals surface area contributed by atoms with Crippen LogP contribution in [0, 0.1) is 0 Å². The monoisotopic (exact) mass is 228 g/mol. The maximum Gasteiger partial charge on any atom is 0.158 e. The zero-order valence-corrected chi connectivity index (χ0v) is 11.0. The SMILES string of the molecule is CCCCCO[C@H]1CC[C@@H](CCCCC)O1. The van der Waals surface area contributed by atoms with Gasteiger partial charge in [-0.25, -0.2) is 0 Å². The summed E-state index contributed by atoms with van der Waals surface area (Å²) < 4.78 is 11.6. The van der Waals surface area contributed by atoms with Crippen LogP contribution in [0.15, 0.2) is 0 Å². The van der Waals surface area contributed by atoms with Gasteiger partial charge in [-0.15, -0.1) is 0 Å². The van der Waals surface area contributed by atoms with Crippen molar-refractivity contribution in [2.24, 2.45) is 0 Å². The second kappa shape index (κ2) is 9.00. The van der Waals surface area contributed by atoms with Crippen LogP contribution < -0.4 is 0 Å². The fourth-order valence-corrected chi connectivity index (χ4v) is 2.20. The molecule has 96 valence electrons. The molecule has 2 heteroatoms. The molecule has 2 nitrogen and oxygen atoms in total. The zero-order chi connectivity index (χ0) is 11.6. The highest BCUT2D eigenvalue weighted by molar-refractivity contribution is 4.68. The van der Waals surface area contributed by atoms with Crippen LogP contribution in [0.3, 0.4) is 0 Å². The Kier molecular flexibility index (Phi) is 7.87. The van der Waals surface area contributed by atoms with Gasteiger partial charge in [0.1, 0.15) is 0 Å². The van der Waals surface area contributed by atoms with Crippen molar-refractivity contribution in [2.75, 3.05) is 6.61 Å². The average Bonchev–Trinajstić information content (AvgIpc) is 2.73. The molecule has 2 atom stereocenters. The van der Waals surface area contributed by atoms with E-state index in [-0.39, 0.29) is 6.29 Å². The van der Waals surface area contributed by atoms with E-state index in [2.05, 4.69) is 13.8 Å². The Hall–Kier alpha value is -0.0800. The van der Waals surface area contributed by atoms with Crippen LogP contribution in [0.1, 0.15) is 71.6 Å². The Labute approximate surface area is 101 Å². The summed E-state index contributed by atoms with van der Waals surface area (Å²) in [6.45, 7) is 5.34. The van der Waals surface area contributed by atoms with Crippen LogP contribution in [0.25, 0.3) is 0 Å². The fraction of sp³-hybridized carbons (Fsp3) is 1.00. The maximum absolute atomic E-state index is 5.87. The fourth-order valence-electron chi connectivity index (χ4n) is 2.20. The molecule has 0 saturated carbocycles. The first-order valence-corrected chi connectivity index (χ1v) is 7.13. The van der Waals surface area contributed by atoms with E-state index in [1.54, 1.807) is 0 Å². The molecular weight excluding hydrogens is 200 g/mol. The van der Waals surface area contributed by atoms with Crippen molar-refractivity contribution in [1.82, 2.24) is 0 Å². The molecule has 1 rings (SSSR count). The van der Waals surface area contributed by atoms with Gasteiger partial charge in [0.25, 0.3) is 0 Å². The minimum Gasteiger partial charge on any atom is -0.353 e. The molecule has 0 N–H and O–H groups in total. The number of hydrogen-bond acceptors (Lipinski definition) is 2. The molecule has 1 saturated heterocycles. The molecule has 0 aromatic rings. The lowest BCUT2D eigenvalue weighted by Crippen LogP contribution is -2.15. The second-order valence-corrected chi connectivity index (χ2v) is 4.84. The molecule has 0 amide bonds. The van der Waals surface area contributed by atoms with Crippen LogP contribution in [0.2, 0.25) is 0 Å². The van der Waals surface area contributed by atoms with E-state index in [4.69, 9.17) is 9.47 Å². The summed E-state index contributed by atoms with van der Waals surface area (Å²) in [5.41, 5.74) is 0. The van der Waals surface area contributed by atoms with Gasteiger partial charge in [-0.2, -0.15) is 0 Å². The summed E-state index contributed by atoms with van der Waals surface area (Å²) in [5.74, 6) is 0. The smallest absolute Gasteiger partial charge is 0.158 e. The van der Waals surface area contributed by atoms with E-state index in [0.717, 1.165) is 13.0 Å². The van der Waals surface area contributed by atoms with Crippen molar-refractivity contribution in [1.29, 1.82) is 0 Å². The number of ether oxygens (including phenoxy) is 2. The van der Waals surface area contributed by atoms with Gasteiger partial charge in [-0.05, 0) is 19.3 Å². The standard InChI is InChI=1S/C14H28O2/c1-3-5-7-9-13-10-11-14(16-13)15-12-8-6-4-2/h13-14H,3-12H2,1-2H3/t13-,14-/m1/s1. The zero-order valence-electron chi connectivity index (χ0n) is 11.0. The Morgan fingerprint density at radius 3 is 2.50 bits per heavy atom. The normalized spacial score (nSPS) is 25.1. The van der Waals surface area contributed by atoms with Gasteiger partial charge in [0.2, 0.25) is 0 Å². The number of unbranched alkanes of at least 4 members (excludes halogenated alkanes) is 4. The third-order valence-corrected chi connectivity index (χ3v) is 3.25. The van der Waals surface area contributed by atoms with E-state index in [1.165, 1.54) is 51.4 Å². The van der Waals surface area contributed by atoms with E-state index in [9.17, 15) is 0 Å². The Balaban J connectivity index is 1.97. The lowest BCUT2D eigenvalue weighted by atomic mass is 10.1. The molecule has 0 aliphatic carbocycles. The van der Waals surface area contributed by atoms with Gasteiger partial charge >= 0.3 is 0 Å². The van der Waals surface area contributed by atoms with Crippen molar-refractivity contribution in [2.45, 2.75) is 84.0 Å². The lowest BCUT2D eigenvalue weighted by molar-refractivity contribution is -0.135. The first kappa shape index (κ1) is 14.0. The van der Waals surface area contributed by atoms with E-state index in [1.807, 2.05) is 0 Å². The topological polar surface area (TPSA) is 18.5 Å². The van der Waals surface area contributed by atoms with Gasteiger partial charge in [-0.1, -0.05) is 46.0 Å². The molecule has 16 heavy (non-hydrogen) atoms. The van der Waals surface area contributed by atoms with Crippen LogP contribution in [-0.4, -0.2) is 19.0 Å². The van der Waals surface area contributed by atoms with Crippen LogP contribution in [0.5, 0.6) is 0 Å². The van der Waals surface area contributed by atoms with Crippen LogP contribution in [0.4, 0.5) is 0 Å². The lowest BCUT2D eigenvalue weighted by Gasteiger charge is -2.14. The van der Waals surface area contributed by atoms with E-state index < -0.39 is 0 Å². The van der Waals surface area contributed by atoms with Crippen molar-refractivity contribution in [3.63, 3.8) is 0 Å². The quantitative estimate of drug-likeness (QED) is 0.548. The predicted molar refractivity (Wildman–Crippen MR) is 67.5 cm³/mol. The summed E-state index contributed by atoms with van der Waals surface area (Å²) >= 11 is 0. The van der Waals surface area contributed by atoms with Crippen molar-refractivity contribution in [3.05, 3.63) is 0 Å². The minimum atomic E-state index is 0.100. The van der Waals surface area contributed by atoms with E-state index >= 15 is 0 Å². The third kappa shape index (κ3) is 5.86. The predicted octanol–water partition coefficient (Wildman–Crippen LogP) is 4.28. The van der Waals surface area contributed by atoms with Crippen LogP contribution in [-0.2, 0) is 9.47 Å². The van der Waals surface area contributed by atoms with Gasteiger partial charge in [0, 0.05) is 13.0 Å². The molecular formula is C14H28O2. The maximum atomic E-state index is 5.87. The van der Waals surface area contributed by atoms with Gasteiger partial charge < -0.3 is 9.47 Å². The summed E-state index contributed by atoms with van der Waals surface area (Å²) in [6, 6.07) is 0. The second-order valence-electron chi connectivity index (χ2n) is 4.84. The van der Waals surface area contributed by atoms with E-state index in [0.29, 0.717) is 6.10 Å². The van der Waals surface area contributed by atoms with Crippen molar-refractivity contribution >= 4 is 0 Å². The number of hydrogen-bond donors (Lipinski definition) is 0. The molecule has 0 bridgehead atoms. The Morgan fingerprint density at radius 2 is 1.75 bits per heavy atom. The summed E-state index contributed by atoms with van der Waals surface area (Å²) in [7, 11) is 0. The van der Waals surface area contributed by atoms with Gasteiger partial charge in [0.15, 0.2) is 6.29 Å². The molecule has 0 radical (unpaired) electrons. The van der Waals surface area contributed by atoms with Crippen LogP contribution >= 0.6 is 0 Å². The Morgan fingerprint density at radius 1 is 1.00 bits per heavy atom. The molecule has 1 heterocycles. The first-order valence-electron chi connectivity index (χ1n) is 7.13. The third-order valence-electron chi connectivity index (χ3n) is 3.25. The first-order chi connectivity index (χ1) is 7.86. The molecule has 1 aliphatic rings. The highest BCUT2D eigenvalue weighted by Gasteiger charge is 2.24. The largest absolute Gasteiger partial charge is 0.353 e. The summed E-state index contributed by atoms with van der Waals surface area (Å²) in [4.78, 5) is 0. The highest BCUT2D eigenvalue weighted by Crippen LogP contribution is 2.24. The molecule has 1 aliphatic heterocycles. The van der Waals surface area contributed by atoms with Gasteiger partial charge in [0.05, 0.1) is 6.10 Å². The molecule has 1 fully saturated rings. The molecule has 0 unspecified atom stereocenters. The summed E-state index contributed by atoms with van der Waals surface area (Å²) in [5, 5.41) is 0. The van der Waals surface area contributed by atoms with Crippen molar-refractivity contribution < 1.29 is 9.47 Å². The average molecular weight is 228 g/mol. The molecule has 0 aromatic carbocycles. The Bertz CT molecular complexity index is 159. The summed E-state index contributed by atoms with van der Waals surface area (Å²) in [6.07, 6.45) is 11.7. The highest BCUT2D eigenvalue weighted by atomic mass is 16.7. The van der Waals surface area contributed by atoms with Gasteiger partial charge in [-0.3, -0.25) is 0 Å². The number of rotatable bonds is 9. The molecule has 0 aromatic heterocycles. The minimum absolute atomic E-state index is 0.100. The molecule has 0 spiro atoms. The van der Waals surface area contributed by atoms with Crippen molar-refractivity contribution in [3.8, 4) is 0 Å².